The summed E-state index contributed by atoms with van der Waals surface area (Å²) in [4.78, 5) is 12.5. The summed E-state index contributed by atoms with van der Waals surface area (Å²) in [6.45, 7) is 0. The molecule has 0 atom stereocenters. The Balaban J connectivity index is 2.02. The van der Waals surface area contributed by atoms with Gasteiger partial charge >= 0.3 is 0 Å². The highest BCUT2D eigenvalue weighted by Crippen LogP contribution is 2.18. The van der Waals surface area contributed by atoms with Gasteiger partial charge in [-0.2, -0.15) is 0 Å². The summed E-state index contributed by atoms with van der Waals surface area (Å²) >= 11 is 4.20. The summed E-state index contributed by atoms with van der Waals surface area (Å²) < 4.78 is 0. The van der Waals surface area contributed by atoms with E-state index in [1.165, 1.54) is 6.42 Å². The third kappa shape index (κ3) is 2.10. The molecule has 0 saturated heterocycles. The molecule has 0 aromatic heterocycles. The Kier molecular flexibility index (Phi) is 2.77. The summed E-state index contributed by atoms with van der Waals surface area (Å²) in [6.07, 6.45) is 3.47. The minimum absolute atomic E-state index is 0.0191. The molecule has 1 N–H and O–H groups in total. The first kappa shape index (κ1) is 9.59. The van der Waals surface area contributed by atoms with Crippen LogP contribution in [0.2, 0.25) is 0 Å². The van der Waals surface area contributed by atoms with Crippen molar-refractivity contribution in [3.63, 3.8) is 0 Å². The number of nitrogens with one attached hydrogen (secondary N) is 1. The molecule has 1 amide bonds. The van der Waals surface area contributed by atoms with Crippen LogP contribution in [0.25, 0.3) is 0 Å². The molecule has 0 radical (unpaired) electrons. The first-order chi connectivity index (χ1) is 6.75. The zero-order chi connectivity index (χ0) is 9.97. The van der Waals surface area contributed by atoms with E-state index < -0.39 is 0 Å². The number of thiol groups is 1. The smallest absolute Gasteiger partial charge is 0.251 e. The molecule has 3 heteroatoms. The topological polar surface area (TPSA) is 29.1 Å². The van der Waals surface area contributed by atoms with Crippen LogP contribution < -0.4 is 5.32 Å². The third-order valence-electron chi connectivity index (χ3n) is 2.55. The van der Waals surface area contributed by atoms with Crippen molar-refractivity contribution in [3.05, 3.63) is 29.8 Å². The van der Waals surface area contributed by atoms with Gasteiger partial charge in [-0.05, 0) is 37.5 Å². The zero-order valence-corrected chi connectivity index (χ0v) is 8.76. The maximum atomic E-state index is 11.7. The lowest BCUT2D eigenvalue weighted by molar-refractivity contribution is 0.0917. The highest BCUT2D eigenvalue weighted by Gasteiger charge is 2.19. The number of carbonyl (C=O) groups excluding carboxylic acids is 1. The number of hydrogen-bond acceptors (Lipinski definition) is 2. The number of amides is 1. The molecule has 14 heavy (non-hydrogen) atoms. The molecule has 0 spiro atoms. The van der Waals surface area contributed by atoms with Gasteiger partial charge in [-0.1, -0.05) is 6.07 Å². The van der Waals surface area contributed by atoms with Gasteiger partial charge in [0.1, 0.15) is 0 Å². The van der Waals surface area contributed by atoms with E-state index in [0.717, 1.165) is 17.7 Å². The Morgan fingerprint density at radius 3 is 2.79 bits per heavy atom. The van der Waals surface area contributed by atoms with Gasteiger partial charge in [0, 0.05) is 16.5 Å². The van der Waals surface area contributed by atoms with E-state index in [0.29, 0.717) is 11.6 Å². The van der Waals surface area contributed by atoms with Crippen LogP contribution >= 0.6 is 12.6 Å². The molecular formula is C11H13NOS. The van der Waals surface area contributed by atoms with Gasteiger partial charge in [0.15, 0.2) is 0 Å². The highest BCUT2D eigenvalue weighted by molar-refractivity contribution is 7.80. The molecule has 1 saturated carbocycles. The molecule has 74 valence electrons. The number of hydrogen-bond donors (Lipinski definition) is 2. The van der Waals surface area contributed by atoms with Crippen molar-refractivity contribution in [1.29, 1.82) is 0 Å². The SMILES string of the molecule is O=C(NC1CCC1)c1cccc(S)c1. The normalized spacial score (nSPS) is 16.1. The summed E-state index contributed by atoms with van der Waals surface area (Å²) in [5, 5.41) is 2.99. The molecule has 1 fully saturated rings. The first-order valence-electron chi connectivity index (χ1n) is 4.85. The monoisotopic (exact) mass is 207 g/mol. The highest BCUT2D eigenvalue weighted by atomic mass is 32.1. The van der Waals surface area contributed by atoms with E-state index in [2.05, 4.69) is 17.9 Å². The molecule has 1 aliphatic rings. The standard InChI is InChI=1S/C11H13NOS/c13-11(12-9-4-2-5-9)8-3-1-6-10(14)7-8/h1,3,6-7,9,14H,2,4-5H2,(H,12,13). The Morgan fingerprint density at radius 1 is 1.43 bits per heavy atom. The van der Waals surface area contributed by atoms with Crippen LogP contribution in [0.15, 0.2) is 29.2 Å². The summed E-state index contributed by atoms with van der Waals surface area (Å²) in [5.74, 6) is 0.0191. The molecule has 2 rings (SSSR count). The van der Waals surface area contributed by atoms with Crippen molar-refractivity contribution in [2.75, 3.05) is 0 Å². The van der Waals surface area contributed by atoms with Crippen LogP contribution in [0.4, 0.5) is 0 Å². The Hall–Kier alpha value is -0.960. The molecule has 1 aliphatic carbocycles. The first-order valence-corrected chi connectivity index (χ1v) is 5.30. The Bertz CT molecular complexity index is 347. The van der Waals surface area contributed by atoms with Gasteiger partial charge in [-0.15, -0.1) is 12.6 Å². The van der Waals surface area contributed by atoms with Crippen molar-refractivity contribution in [1.82, 2.24) is 5.32 Å². The van der Waals surface area contributed by atoms with Crippen LogP contribution in [-0.4, -0.2) is 11.9 Å². The second kappa shape index (κ2) is 4.05. The zero-order valence-electron chi connectivity index (χ0n) is 7.86. The van der Waals surface area contributed by atoms with Gasteiger partial charge in [0.05, 0.1) is 0 Å². The molecular weight excluding hydrogens is 194 g/mol. The predicted molar refractivity (Wildman–Crippen MR) is 58.8 cm³/mol. The van der Waals surface area contributed by atoms with Crippen LogP contribution in [-0.2, 0) is 0 Å². The minimum atomic E-state index is 0.0191. The van der Waals surface area contributed by atoms with Gasteiger partial charge < -0.3 is 5.32 Å². The average molecular weight is 207 g/mol. The van der Waals surface area contributed by atoms with Crippen molar-refractivity contribution < 1.29 is 4.79 Å². The van der Waals surface area contributed by atoms with Gasteiger partial charge in [0.25, 0.3) is 5.91 Å². The van der Waals surface area contributed by atoms with E-state index in [9.17, 15) is 4.79 Å². The quantitative estimate of drug-likeness (QED) is 0.716. The maximum absolute atomic E-state index is 11.7. The summed E-state index contributed by atoms with van der Waals surface area (Å²) in [7, 11) is 0. The van der Waals surface area contributed by atoms with Gasteiger partial charge in [-0.25, -0.2) is 0 Å². The second-order valence-corrected chi connectivity index (χ2v) is 4.17. The number of rotatable bonds is 2. The molecule has 0 unspecified atom stereocenters. The Morgan fingerprint density at radius 2 is 2.21 bits per heavy atom. The molecule has 0 heterocycles. The lowest BCUT2D eigenvalue weighted by Gasteiger charge is -2.26. The van der Waals surface area contributed by atoms with Crippen LogP contribution in [0.3, 0.4) is 0 Å². The lowest BCUT2D eigenvalue weighted by atomic mass is 9.93. The number of benzene rings is 1. The number of carbonyl (C=O) groups is 1. The average Bonchev–Trinajstić information content (AvgIpc) is 2.11. The molecule has 0 bridgehead atoms. The van der Waals surface area contributed by atoms with E-state index in [1.54, 1.807) is 6.07 Å². The Labute approximate surface area is 89.1 Å². The van der Waals surface area contributed by atoms with Crippen molar-refractivity contribution >= 4 is 18.5 Å². The van der Waals surface area contributed by atoms with Crippen molar-refractivity contribution in [2.24, 2.45) is 0 Å². The molecule has 1 aromatic rings. The maximum Gasteiger partial charge on any atom is 0.251 e. The predicted octanol–water partition coefficient (Wildman–Crippen LogP) is 2.26. The van der Waals surface area contributed by atoms with E-state index in [1.807, 2.05) is 18.2 Å². The van der Waals surface area contributed by atoms with Crippen LogP contribution in [0.1, 0.15) is 29.6 Å². The van der Waals surface area contributed by atoms with Crippen LogP contribution in [0.5, 0.6) is 0 Å². The van der Waals surface area contributed by atoms with E-state index in [4.69, 9.17) is 0 Å². The fraction of sp³-hybridized carbons (Fsp3) is 0.364. The van der Waals surface area contributed by atoms with Crippen molar-refractivity contribution in [3.8, 4) is 0 Å². The molecule has 2 nitrogen and oxygen atoms in total. The largest absolute Gasteiger partial charge is 0.349 e. The van der Waals surface area contributed by atoms with Gasteiger partial charge in [-0.3, -0.25) is 4.79 Å². The fourth-order valence-electron chi connectivity index (χ4n) is 1.47. The van der Waals surface area contributed by atoms with E-state index >= 15 is 0 Å². The minimum Gasteiger partial charge on any atom is -0.349 e. The second-order valence-electron chi connectivity index (χ2n) is 3.65. The lowest BCUT2D eigenvalue weighted by Crippen LogP contribution is -2.39. The summed E-state index contributed by atoms with van der Waals surface area (Å²) in [5.41, 5.74) is 0.699. The van der Waals surface area contributed by atoms with Crippen LogP contribution in [0, 0.1) is 0 Å². The summed E-state index contributed by atoms with van der Waals surface area (Å²) in [6, 6.07) is 7.71. The molecule has 0 aliphatic heterocycles. The molecule has 1 aromatic carbocycles. The third-order valence-corrected chi connectivity index (χ3v) is 2.83. The fourth-order valence-corrected chi connectivity index (χ4v) is 1.69. The van der Waals surface area contributed by atoms with Gasteiger partial charge in [0.2, 0.25) is 0 Å². The van der Waals surface area contributed by atoms with E-state index in [-0.39, 0.29) is 5.91 Å². The van der Waals surface area contributed by atoms with Crippen molar-refractivity contribution in [2.45, 2.75) is 30.2 Å².